The number of rotatable bonds is 4. The molecule has 0 radical (unpaired) electrons. The van der Waals surface area contributed by atoms with Crippen LogP contribution in [0.25, 0.3) is 11.0 Å². The van der Waals surface area contributed by atoms with Crippen LogP contribution >= 0.6 is 0 Å². The highest BCUT2D eigenvalue weighted by atomic mass is 32.2. The first-order valence-electron chi connectivity index (χ1n) is 11.4. The molecule has 2 fully saturated rings. The SMILES string of the molecule is Cc1ccc(Cn2ncc3c(C(=O)N4CCN([C@@H]5CCS(=O)(=O)C5)CC4)cc(C)nc32)cc1. The van der Waals surface area contributed by atoms with Gasteiger partial charge in [0.1, 0.15) is 0 Å². The summed E-state index contributed by atoms with van der Waals surface area (Å²) in [6, 6.07) is 10.3. The highest BCUT2D eigenvalue weighted by molar-refractivity contribution is 7.91. The second kappa shape index (κ2) is 8.53. The van der Waals surface area contributed by atoms with Crippen molar-refractivity contribution in [1.82, 2.24) is 24.6 Å². The summed E-state index contributed by atoms with van der Waals surface area (Å²) in [5.74, 6) is 0.502. The van der Waals surface area contributed by atoms with Crippen molar-refractivity contribution in [3.63, 3.8) is 0 Å². The van der Waals surface area contributed by atoms with E-state index in [1.54, 1.807) is 6.20 Å². The van der Waals surface area contributed by atoms with E-state index < -0.39 is 9.84 Å². The summed E-state index contributed by atoms with van der Waals surface area (Å²) in [6.07, 6.45) is 2.43. The predicted molar refractivity (Wildman–Crippen MR) is 127 cm³/mol. The van der Waals surface area contributed by atoms with Crippen LogP contribution in [0, 0.1) is 13.8 Å². The molecule has 9 heteroatoms. The molecule has 2 aliphatic heterocycles. The number of sulfone groups is 1. The molecule has 0 bridgehead atoms. The summed E-state index contributed by atoms with van der Waals surface area (Å²) in [7, 11) is -2.91. The molecule has 0 aliphatic carbocycles. The van der Waals surface area contributed by atoms with Crippen LogP contribution in [-0.2, 0) is 16.4 Å². The molecule has 2 saturated heterocycles. The van der Waals surface area contributed by atoms with E-state index in [0.29, 0.717) is 50.4 Å². The van der Waals surface area contributed by atoms with Gasteiger partial charge in [0.25, 0.3) is 5.91 Å². The van der Waals surface area contributed by atoms with Gasteiger partial charge in [-0.2, -0.15) is 5.10 Å². The van der Waals surface area contributed by atoms with Crippen LogP contribution in [0.1, 0.15) is 33.6 Å². The van der Waals surface area contributed by atoms with E-state index in [4.69, 9.17) is 0 Å². The minimum Gasteiger partial charge on any atom is -0.336 e. The number of pyridine rings is 1. The van der Waals surface area contributed by atoms with Crippen LogP contribution in [0.3, 0.4) is 0 Å². The van der Waals surface area contributed by atoms with Crippen molar-refractivity contribution in [2.24, 2.45) is 0 Å². The molecule has 0 N–H and O–H groups in total. The fraction of sp³-hybridized carbons (Fsp3) is 0.458. The quantitative estimate of drug-likeness (QED) is 0.584. The van der Waals surface area contributed by atoms with E-state index in [1.165, 1.54) is 5.56 Å². The number of hydrogen-bond acceptors (Lipinski definition) is 6. The first-order chi connectivity index (χ1) is 15.8. The van der Waals surface area contributed by atoms with Gasteiger partial charge in [-0.3, -0.25) is 9.69 Å². The van der Waals surface area contributed by atoms with Gasteiger partial charge in [-0.25, -0.2) is 18.1 Å². The Bertz CT molecular complexity index is 1290. The summed E-state index contributed by atoms with van der Waals surface area (Å²) >= 11 is 0. The third-order valence-electron chi connectivity index (χ3n) is 6.75. The number of carbonyl (C=O) groups is 1. The Hall–Kier alpha value is -2.78. The smallest absolute Gasteiger partial charge is 0.254 e. The third kappa shape index (κ3) is 4.52. The second-order valence-corrected chi connectivity index (χ2v) is 11.5. The number of carbonyl (C=O) groups excluding carboxylic acids is 1. The molecule has 33 heavy (non-hydrogen) atoms. The number of aromatic nitrogens is 3. The lowest BCUT2D eigenvalue weighted by Gasteiger charge is -2.37. The molecular weight excluding hydrogens is 438 g/mol. The first kappa shape index (κ1) is 22.0. The van der Waals surface area contributed by atoms with E-state index in [-0.39, 0.29) is 23.5 Å². The Morgan fingerprint density at radius 1 is 1.09 bits per heavy atom. The van der Waals surface area contributed by atoms with Gasteiger partial charge in [0.15, 0.2) is 15.5 Å². The minimum atomic E-state index is -2.91. The average molecular weight is 468 g/mol. The molecule has 0 unspecified atom stereocenters. The molecule has 5 rings (SSSR count). The fourth-order valence-corrected chi connectivity index (χ4v) is 6.62. The van der Waals surface area contributed by atoms with Crippen molar-refractivity contribution in [1.29, 1.82) is 0 Å². The zero-order valence-corrected chi connectivity index (χ0v) is 19.9. The van der Waals surface area contributed by atoms with E-state index in [1.807, 2.05) is 22.6 Å². The van der Waals surface area contributed by atoms with Gasteiger partial charge in [-0.15, -0.1) is 0 Å². The topological polar surface area (TPSA) is 88.4 Å². The molecule has 2 aromatic heterocycles. The number of aryl methyl sites for hydroxylation is 2. The Balaban J connectivity index is 1.34. The molecule has 0 saturated carbocycles. The molecule has 1 amide bonds. The van der Waals surface area contributed by atoms with E-state index in [9.17, 15) is 13.2 Å². The van der Waals surface area contributed by atoms with Gasteiger partial charge in [-0.1, -0.05) is 29.8 Å². The van der Waals surface area contributed by atoms with Crippen LogP contribution in [0.2, 0.25) is 0 Å². The van der Waals surface area contributed by atoms with Crippen molar-refractivity contribution < 1.29 is 13.2 Å². The monoisotopic (exact) mass is 467 g/mol. The third-order valence-corrected chi connectivity index (χ3v) is 8.50. The largest absolute Gasteiger partial charge is 0.336 e. The molecule has 1 aromatic carbocycles. The fourth-order valence-electron chi connectivity index (χ4n) is 4.86. The summed E-state index contributed by atoms with van der Waals surface area (Å²) < 4.78 is 25.5. The van der Waals surface area contributed by atoms with Gasteiger partial charge >= 0.3 is 0 Å². The van der Waals surface area contributed by atoms with Gasteiger partial charge < -0.3 is 4.90 Å². The first-order valence-corrected chi connectivity index (χ1v) is 13.2. The van der Waals surface area contributed by atoms with Crippen molar-refractivity contribution in [3.05, 3.63) is 58.9 Å². The lowest BCUT2D eigenvalue weighted by Crippen LogP contribution is -2.52. The Labute approximate surface area is 194 Å². The summed E-state index contributed by atoms with van der Waals surface area (Å²) in [5, 5.41) is 5.30. The predicted octanol–water partition coefficient (Wildman–Crippen LogP) is 2.04. The van der Waals surface area contributed by atoms with Crippen LogP contribution in [-0.4, -0.2) is 82.6 Å². The van der Waals surface area contributed by atoms with Gasteiger partial charge in [-0.05, 0) is 31.9 Å². The van der Waals surface area contributed by atoms with Crippen LogP contribution in [0.5, 0.6) is 0 Å². The number of benzene rings is 1. The highest BCUT2D eigenvalue weighted by Gasteiger charge is 2.34. The number of fused-ring (bicyclic) bond motifs is 1. The normalized spacial score (nSPS) is 21.0. The number of amides is 1. The number of hydrogen-bond donors (Lipinski definition) is 0. The van der Waals surface area contributed by atoms with Crippen LogP contribution in [0.4, 0.5) is 0 Å². The highest BCUT2D eigenvalue weighted by Crippen LogP contribution is 2.23. The summed E-state index contributed by atoms with van der Waals surface area (Å²) in [5.41, 5.74) is 4.47. The van der Waals surface area contributed by atoms with Crippen LogP contribution in [0.15, 0.2) is 36.5 Å². The zero-order chi connectivity index (χ0) is 23.2. The summed E-state index contributed by atoms with van der Waals surface area (Å²) in [4.78, 5) is 22.2. The maximum atomic E-state index is 13.4. The van der Waals surface area contributed by atoms with E-state index in [2.05, 4.69) is 46.2 Å². The molecule has 1 atom stereocenters. The molecule has 3 aromatic rings. The maximum absolute atomic E-state index is 13.4. The second-order valence-electron chi connectivity index (χ2n) is 9.22. The van der Waals surface area contributed by atoms with Crippen LogP contribution < -0.4 is 0 Å². The average Bonchev–Trinajstić information content (AvgIpc) is 3.37. The molecule has 0 spiro atoms. The molecule has 174 valence electrons. The van der Waals surface area contributed by atoms with Crippen molar-refractivity contribution in [2.75, 3.05) is 37.7 Å². The van der Waals surface area contributed by atoms with E-state index >= 15 is 0 Å². The standard InChI is InChI=1S/C24H29N5O3S/c1-17-3-5-19(6-4-17)15-29-23-22(14-25-29)21(13-18(2)26-23)24(30)28-10-8-27(9-11-28)20-7-12-33(31,32)16-20/h3-6,13-14,20H,7-12,15-16H2,1-2H3/t20-/m1/s1. The maximum Gasteiger partial charge on any atom is 0.254 e. The van der Waals surface area contributed by atoms with E-state index in [0.717, 1.165) is 16.6 Å². The molecular formula is C24H29N5O3S. The molecule has 2 aliphatic rings. The van der Waals surface area contributed by atoms with Crippen molar-refractivity contribution >= 4 is 26.8 Å². The molecule has 8 nitrogen and oxygen atoms in total. The van der Waals surface area contributed by atoms with Gasteiger partial charge in [0.05, 0.1) is 35.2 Å². The Kier molecular flexibility index (Phi) is 5.70. The zero-order valence-electron chi connectivity index (χ0n) is 19.1. The summed E-state index contributed by atoms with van der Waals surface area (Å²) in [6.45, 7) is 7.14. The minimum absolute atomic E-state index is 0.0147. The number of piperazine rings is 1. The molecule has 4 heterocycles. The van der Waals surface area contributed by atoms with Crippen molar-refractivity contribution in [2.45, 2.75) is 32.9 Å². The van der Waals surface area contributed by atoms with Crippen molar-refractivity contribution in [3.8, 4) is 0 Å². The Morgan fingerprint density at radius 3 is 2.48 bits per heavy atom. The Morgan fingerprint density at radius 2 is 1.82 bits per heavy atom. The lowest BCUT2D eigenvalue weighted by atomic mass is 10.1. The van der Waals surface area contributed by atoms with Gasteiger partial charge in [0, 0.05) is 37.9 Å². The lowest BCUT2D eigenvalue weighted by molar-refractivity contribution is 0.0589. The number of nitrogens with zero attached hydrogens (tertiary/aromatic N) is 5. The van der Waals surface area contributed by atoms with Gasteiger partial charge in [0.2, 0.25) is 0 Å².